The van der Waals surface area contributed by atoms with Crippen molar-refractivity contribution < 1.29 is 18.0 Å². The first-order chi connectivity index (χ1) is 12.9. The standard InChI is InChI=1S/C18H18F3N5O/c1-2-16(27)25-9-11-26(12-10-25)17-22-8-7-15(24-17)23-14-5-3-13(4-6-14)18(19,20)21/h2-8H,1,9-12H2,(H,22,23,24). The van der Waals surface area contributed by atoms with E-state index in [2.05, 4.69) is 21.9 Å². The third kappa shape index (κ3) is 4.55. The summed E-state index contributed by atoms with van der Waals surface area (Å²) in [4.78, 5) is 23.9. The lowest BCUT2D eigenvalue weighted by molar-refractivity contribution is -0.137. The molecule has 2 aromatic rings. The van der Waals surface area contributed by atoms with E-state index in [1.807, 2.05) is 4.90 Å². The van der Waals surface area contributed by atoms with E-state index < -0.39 is 11.7 Å². The molecule has 1 aliphatic rings. The molecule has 3 rings (SSSR count). The summed E-state index contributed by atoms with van der Waals surface area (Å²) in [6.45, 7) is 5.75. The number of halogens is 3. The fourth-order valence-electron chi connectivity index (χ4n) is 2.72. The van der Waals surface area contributed by atoms with Gasteiger partial charge in [0, 0.05) is 38.1 Å². The van der Waals surface area contributed by atoms with Crippen LogP contribution in [0.2, 0.25) is 0 Å². The Labute approximate surface area is 154 Å². The van der Waals surface area contributed by atoms with Crippen LogP contribution in [0, 0.1) is 0 Å². The number of alkyl halides is 3. The van der Waals surface area contributed by atoms with Crippen LogP contribution in [0.5, 0.6) is 0 Å². The average molecular weight is 377 g/mol. The summed E-state index contributed by atoms with van der Waals surface area (Å²) in [6, 6.07) is 6.37. The first-order valence-electron chi connectivity index (χ1n) is 8.30. The number of amides is 1. The first-order valence-corrected chi connectivity index (χ1v) is 8.30. The number of carbonyl (C=O) groups is 1. The Morgan fingerprint density at radius 2 is 1.78 bits per heavy atom. The predicted octanol–water partition coefficient (Wildman–Crippen LogP) is 3.07. The van der Waals surface area contributed by atoms with E-state index in [1.165, 1.54) is 18.2 Å². The molecule has 0 spiro atoms. The van der Waals surface area contributed by atoms with Gasteiger partial charge in [-0.2, -0.15) is 18.2 Å². The second-order valence-electron chi connectivity index (χ2n) is 5.96. The van der Waals surface area contributed by atoms with E-state index in [-0.39, 0.29) is 5.91 Å². The molecule has 1 aromatic carbocycles. The number of hydrogen-bond acceptors (Lipinski definition) is 5. The molecule has 0 unspecified atom stereocenters. The Hall–Kier alpha value is -3.10. The molecule has 1 amide bonds. The summed E-state index contributed by atoms with van der Waals surface area (Å²) in [5, 5.41) is 2.98. The number of nitrogens with zero attached hydrogens (tertiary/aromatic N) is 4. The highest BCUT2D eigenvalue weighted by Crippen LogP contribution is 2.30. The molecule has 1 saturated heterocycles. The lowest BCUT2D eigenvalue weighted by atomic mass is 10.2. The zero-order chi connectivity index (χ0) is 19.4. The molecule has 1 aromatic heterocycles. The van der Waals surface area contributed by atoms with Crippen molar-refractivity contribution in [1.82, 2.24) is 14.9 Å². The maximum Gasteiger partial charge on any atom is 0.416 e. The topological polar surface area (TPSA) is 61.4 Å². The molecule has 142 valence electrons. The molecule has 9 heteroatoms. The molecule has 27 heavy (non-hydrogen) atoms. The first kappa shape index (κ1) is 18.7. The molecular weight excluding hydrogens is 359 g/mol. The minimum absolute atomic E-state index is 0.103. The Balaban J connectivity index is 1.66. The molecule has 1 N–H and O–H groups in total. The summed E-state index contributed by atoms with van der Waals surface area (Å²) in [7, 11) is 0. The molecule has 0 bridgehead atoms. The van der Waals surface area contributed by atoms with Gasteiger partial charge in [0.15, 0.2) is 0 Å². The smallest absolute Gasteiger partial charge is 0.340 e. The van der Waals surface area contributed by atoms with Crippen LogP contribution in [0.25, 0.3) is 0 Å². The summed E-state index contributed by atoms with van der Waals surface area (Å²) in [5.41, 5.74) is -0.211. The van der Waals surface area contributed by atoms with Crippen molar-refractivity contribution in [3.05, 3.63) is 54.7 Å². The minimum atomic E-state index is -4.37. The average Bonchev–Trinajstić information content (AvgIpc) is 2.67. The normalized spacial score (nSPS) is 14.8. The number of benzene rings is 1. The van der Waals surface area contributed by atoms with E-state index in [0.717, 1.165) is 12.1 Å². The van der Waals surface area contributed by atoms with Crippen LogP contribution in [0.4, 0.5) is 30.6 Å². The lowest BCUT2D eigenvalue weighted by Crippen LogP contribution is -2.48. The molecule has 0 radical (unpaired) electrons. The van der Waals surface area contributed by atoms with E-state index in [9.17, 15) is 18.0 Å². The van der Waals surface area contributed by atoms with Crippen molar-refractivity contribution >= 4 is 23.4 Å². The number of rotatable bonds is 4. The number of piperazine rings is 1. The number of carbonyl (C=O) groups excluding carboxylic acids is 1. The van der Waals surface area contributed by atoms with Gasteiger partial charge >= 0.3 is 6.18 Å². The largest absolute Gasteiger partial charge is 0.416 e. The van der Waals surface area contributed by atoms with Crippen molar-refractivity contribution in [3.8, 4) is 0 Å². The van der Waals surface area contributed by atoms with Gasteiger partial charge in [-0.3, -0.25) is 4.79 Å². The quantitative estimate of drug-likeness (QED) is 0.830. The maximum absolute atomic E-state index is 12.6. The van der Waals surface area contributed by atoms with Gasteiger partial charge in [0.2, 0.25) is 11.9 Å². The summed E-state index contributed by atoms with van der Waals surface area (Å²) in [6.07, 6.45) is -1.49. The third-order valence-electron chi connectivity index (χ3n) is 4.18. The van der Waals surface area contributed by atoms with E-state index >= 15 is 0 Å². The zero-order valence-corrected chi connectivity index (χ0v) is 14.4. The second kappa shape index (κ2) is 7.65. The molecular formula is C18H18F3N5O. The fraction of sp³-hybridized carbons (Fsp3) is 0.278. The fourth-order valence-corrected chi connectivity index (χ4v) is 2.72. The van der Waals surface area contributed by atoms with Crippen molar-refractivity contribution in [2.24, 2.45) is 0 Å². The highest BCUT2D eigenvalue weighted by atomic mass is 19.4. The SMILES string of the molecule is C=CC(=O)N1CCN(c2nccc(Nc3ccc(C(F)(F)F)cc3)n2)CC1. The highest BCUT2D eigenvalue weighted by molar-refractivity contribution is 5.87. The summed E-state index contributed by atoms with van der Waals surface area (Å²) < 4.78 is 37.9. The molecule has 0 aliphatic carbocycles. The van der Waals surface area contributed by atoms with Gasteiger partial charge in [-0.15, -0.1) is 0 Å². The zero-order valence-electron chi connectivity index (χ0n) is 14.4. The Morgan fingerprint density at radius 3 is 2.37 bits per heavy atom. The van der Waals surface area contributed by atoms with Crippen molar-refractivity contribution in [2.75, 3.05) is 36.4 Å². The van der Waals surface area contributed by atoms with Gasteiger partial charge in [-0.1, -0.05) is 6.58 Å². The van der Waals surface area contributed by atoms with Gasteiger partial charge in [0.25, 0.3) is 0 Å². The molecule has 0 atom stereocenters. The highest BCUT2D eigenvalue weighted by Gasteiger charge is 2.30. The third-order valence-corrected chi connectivity index (χ3v) is 4.18. The van der Waals surface area contributed by atoms with E-state index in [0.29, 0.717) is 43.6 Å². The Bertz CT molecular complexity index is 814. The van der Waals surface area contributed by atoms with Gasteiger partial charge in [-0.05, 0) is 36.4 Å². The van der Waals surface area contributed by atoms with E-state index in [1.54, 1.807) is 17.2 Å². The van der Waals surface area contributed by atoms with Crippen LogP contribution in [0.1, 0.15) is 5.56 Å². The van der Waals surface area contributed by atoms with Crippen molar-refractivity contribution in [3.63, 3.8) is 0 Å². The predicted molar refractivity (Wildman–Crippen MR) is 95.7 cm³/mol. The minimum Gasteiger partial charge on any atom is -0.340 e. The Kier molecular flexibility index (Phi) is 5.29. The second-order valence-corrected chi connectivity index (χ2v) is 5.96. The molecule has 1 aliphatic heterocycles. The van der Waals surface area contributed by atoms with Crippen LogP contribution >= 0.6 is 0 Å². The van der Waals surface area contributed by atoms with Gasteiger partial charge in [-0.25, -0.2) is 4.98 Å². The van der Waals surface area contributed by atoms with Crippen molar-refractivity contribution in [2.45, 2.75) is 6.18 Å². The van der Waals surface area contributed by atoms with Crippen LogP contribution < -0.4 is 10.2 Å². The molecule has 0 saturated carbocycles. The summed E-state index contributed by atoms with van der Waals surface area (Å²) in [5.74, 6) is 0.871. The maximum atomic E-state index is 12.6. The van der Waals surface area contributed by atoms with Crippen LogP contribution in [0.3, 0.4) is 0 Å². The van der Waals surface area contributed by atoms with Crippen molar-refractivity contribution in [1.29, 1.82) is 0 Å². The molecule has 1 fully saturated rings. The van der Waals surface area contributed by atoms with Gasteiger partial charge < -0.3 is 15.1 Å². The number of hydrogen-bond donors (Lipinski definition) is 1. The van der Waals surface area contributed by atoms with E-state index in [4.69, 9.17) is 0 Å². The summed E-state index contributed by atoms with van der Waals surface area (Å²) >= 11 is 0. The molecule has 6 nitrogen and oxygen atoms in total. The Morgan fingerprint density at radius 1 is 1.11 bits per heavy atom. The van der Waals surface area contributed by atoms with Gasteiger partial charge in [0.05, 0.1) is 5.56 Å². The van der Waals surface area contributed by atoms with Crippen LogP contribution in [-0.2, 0) is 11.0 Å². The van der Waals surface area contributed by atoms with Crippen LogP contribution in [-0.4, -0.2) is 47.0 Å². The monoisotopic (exact) mass is 377 g/mol. The number of nitrogens with one attached hydrogen (secondary N) is 1. The number of aromatic nitrogens is 2. The van der Waals surface area contributed by atoms with Crippen LogP contribution in [0.15, 0.2) is 49.2 Å². The lowest BCUT2D eigenvalue weighted by Gasteiger charge is -2.34. The number of anilines is 3. The van der Waals surface area contributed by atoms with Gasteiger partial charge in [0.1, 0.15) is 5.82 Å². The molecule has 2 heterocycles.